The fourth-order valence-electron chi connectivity index (χ4n) is 3.08. The van der Waals surface area contributed by atoms with Gasteiger partial charge in [0.1, 0.15) is 17.1 Å². The molecule has 3 rings (SSSR count). The molecule has 172 valence electrons. The SMILES string of the molecule is CCOC(=O)c1c(-c2c(F)cccc2Cl)noc1-c1cnn(CC(O)CC)c1C(F)(F)F. The van der Waals surface area contributed by atoms with Crippen molar-refractivity contribution in [3.8, 4) is 22.6 Å². The van der Waals surface area contributed by atoms with Crippen molar-refractivity contribution in [2.45, 2.75) is 39.1 Å². The lowest BCUT2D eigenvalue weighted by atomic mass is 10.0. The molecule has 2 aromatic heterocycles. The van der Waals surface area contributed by atoms with E-state index in [1.807, 2.05) is 0 Å². The van der Waals surface area contributed by atoms with E-state index >= 15 is 0 Å². The number of hydrogen-bond donors (Lipinski definition) is 1. The minimum absolute atomic E-state index is 0.109. The van der Waals surface area contributed by atoms with Crippen molar-refractivity contribution in [1.29, 1.82) is 0 Å². The van der Waals surface area contributed by atoms with Gasteiger partial charge in [-0.25, -0.2) is 9.18 Å². The Hall–Kier alpha value is -2.92. The summed E-state index contributed by atoms with van der Waals surface area (Å²) in [5, 5.41) is 17.0. The second-order valence-corrected chi connectivity index (χ2v) is 7.11. The van der Waals surface area contributed by atoms with Gasteiger partial charge in [0.15, 0.2) is 11.5 Å². The number of benzene rings is 1. The molecule has 0 saturated heterocycles. The molecule has 32 heavy (non-hydrogen) atoms. The Labute approximate surface area is 184 Å². The van der Waals surface area contributed by atoms with Gasteiger partial charge in [0.2, 0.25) is 0 Å². The van der Waals surface area contributed by atoms with Crippen molar-refractivity contribution in [2.75, 3.05) is 6.61 Å². The molecule has 0 fully saturated rings. The van der Waals surface area contributed by atoms with Crippen molar-refractivity contribution >= 4 is 17.6 Å². The number of rotatable bonds is 7. The van der Waals surface area contributed by atoms with Crippen LogP contribution in [0.1, 0.15) is 36.3 Å². The summed E-state index contributed by atoms with van der Waals surface area (Å²) in [6.45, 7) is 2.54. The number of aromatic nitrogens is 3. The summed E-state index contributed by atoms with van der Waals surface area (Å²) in [5.41, 5.74) is -3.14. The number of carbonyl (C=O) groups is 1. The van der Waals surface area contributed by atoms with Gasteiger partial charge in [0.25, 0.3) is 0 Å². The highest BCUT2D eigenvalue weighted by molar-refractivity contribution is 6.33. The van der Waals surface area contributed by atoms with Gasteiger partial charge >= 0.3 is 12.1 Å². The second-order valence-electron chi connectivity index (χ2n) is 6.70. The summed E-state index contributed by atoms with van der Waals surface area (Å²) in [4.78, 5) is 12.7. The van der Waals surface area contributed by atoms with E-state index in [0.29, 0.717) is 4.68 Å². The van der Waals surface area contributed by atoms with Crippen LogP contribution in [0.3, 0.4) is 0 Å². The summed E-state index contributed by atoms with van der Waals surface area (Å²) in [6.07, 6.45) is -4.98. The minimum atomic E-state index is -4.92. The van der Waals surface area contributed by atoms with Crippen molar-refractivity contribution in [3.05, 3.63) is 46.5 Å². The lowest BCUT2D eigenvalue weighted by molar-refractivity contribution is -0.144. The number of esters is 1. The van der Waals surface area contributed by atoms with E-state index in [4.69, 9.17) is 20.9 Å². The van der Waals surface area contributed by atoms with E-state index < -0.39 is 58.9 Å². The average molecular weight is 476 g/mol. The molecule has 0 saturated carbocycles. The molecular weight excluding hydrogens is 458 g/mol. The Morgan fingerprint density at radius 2 is 2.06 bits per heavy atom. The van der Waals surface area contributed by atoms with Crippen LogP contribution in [-0.2, 0) is 17.5 Å². The molecule has 1 aromatic carbocycles. The predicted octanol–water partition coefficient (Wildman–Crippen LogP) is 4.96. The third-order valence-electron chi connectivity index (χ3n) is 4.58. The van der Waals surface area contributed by atoms with Crippen LogP contribution in [0.5, 0.6) is 0 Å². The summed E-state index contributed by atoms with van der Waals surface area (Å²) in [7, 11) is 0. The zero-order valence-corrected chi connectivity index (χ0v) is 17.7. The molecule has 0 aliphatic rings. The molecule has 12 heteroatoms. The molecule has 1 atom stereocenters. The number of aliphatic hydroxyl groups excluding tert-OH is 1. The molecule has 0 bridgehead atoms. The van der Waals surface area contributed by atoms with Crippen LogP contribution >= 0.6 is 11.6 Å². The number of aliphatic hydroxyl groups is 1. The van der Waals surface area contributed by atoms with Crippen LogP contribution in [0.2, 0.25) is 5.02 Å². The number of alkyl halides is 3. The summed E-state index contributed by atoms with van der Waals surface area (Å²) >= 11 is 6.06. The summed E-state index contributed by atoms with van der Waals surface area (Å²) in [5.74, 6) is -2.55. The third kappa shape index (κ3) is 4.49. The highest BCUT2D eigenvalue weighted by Gasteiger charge is 2.42. The van der Waals surface area contributed by atoms with Crippen molar-refractivity contribution in [2.24, 2.45) is 0 Å². The molecule has 1 N–H and O–H groups in total. The molecule has 0 amide bonds. The molecule has 0 aliphatic carbocycles. The van der Waals surface area contributed by atoms with Gasteiger partial charge in [0.05, 0.1) is 41.6 Å². The molecule has 0 spiro atoms. The first-order valence-electron chi connectivity index (χ1n) is 9.52. The molecule has 2 heterocycles. The lowest BCUT2D eigenvalue weighted by Crippen LogP contribution is -2.22. The quantitative estimate of drug-likeness (QED) is 0.383. The average Bonchev–Trinajstić information content (AvgIpc) is 3.32. The predicted molar refractivity (Wildman–Crippen MR) is 105 cm³/mol. The molecule has 3 aromatic rings. The molecule has 0 radical (unpaired) electrons. The van der Waals surface area contributed by atoms with Crippen LogP contribution in [0, 0.1) is 5.82 Å². The number of hydrogen-bond acceptors (Lipinski definition) is 6. The largest absolute Gasteiger partial charge is 0.462 e. The Bertz CT molecular complexity index is 1110. The Morgan fingerprint density at radius 3 is 2.66 bits per heavy atom. The second kappa shape index (κ2) is 9.29. The van der Waals surface area contributed by atoms with Crippen LogP contribution < -0.4 is 0 Å². The zero-order valence-electron chi connectivity index (χ0n) is 16.9. The summed E-state index contributed by atoms with van der Waals surface area (Å²) < 4.78 is 66.9. The Kier molecular flexibility index (Phi) is 6.89. The lowest BCUT2D eigenvalue weighted by Gasteiger charge is -2.14. The maximum absolute atomic E-state index is 14.5. The Morgan fingerprint density at radius 1 is 1.34 bits per heavy atom. The highest BCUT2D eigenvalue weighted by atomic mass is 35.5. The monoisotopic (exact) mass is 475 g/mol. The zero-order chi connectivity index (χ0) is 23.6. The fraction of sp³-hybridized carbons (Fsp3) is 0.350. The Balaban J connectivity index is 2.28. The first kappa shape index (κ1) is 23.7. The van der Waals surface area contributed by atoms with Crippen molar-refractivity contribution in [3.63, 3.8) is 0 Å². The first-order valence-corrected chi connectivity index (χ1v) is 9.90. The van der Waals surface area contributed by atoms with Gasteiger partial charge in [-0.1, -0.05) is 29.7 Å². The maximum Gasteiger partial charge on any atom is 0.433 e. The number of nitrogens with zero attached hydrogens (tertiary/aromatic N) is 3. The number of halogens is 5. The smallest absolute Gasteiger partial charge is 0.433 e. The molecule has 0 aliphatic heterocycles. The summed E-state index contributed by atoms with van der Waals surface area (Å²) in [6, 6.07) is 3.70. The third-order valence-corrected chi connectivity index (χ3v) is 4.89. The maximum atomic E-state index is 14.5. The van der Waals surface area contributed by atoms with E-state index in [0.717, 1.165) is 12.3 Å². The fourth-order valence-corrected chi connectivity index (χ4v) is 3.33. The first-order chi connectivity index (χ1) is 15.1. The highest BCUT2D eigenvalue weighted by Crippen LogP contribution is 2.42. The van der Waals surface area contributed by atoms with Gasteiger partial charge in [-0.05, 0) is 25.5 Å². The number of carbonyl (C=O) groups excluding carboxylic acids is 1. The van der Waals surface area contributed by atoms with Crippen molar-refractivity contribution in [1.82, 2.24) is 14.9 Å². The topological polar surface area (TPSA) is 90.4 Å². The minimum Gasteiger partial charge on any atom is -0.462 e. The van der Waals surface area contributed by atoms with E-state index in [1.165, 1.54) is 19.1 Å². The molecular formula is C20H18ClF4N3O4. The van der Waals surface area contributed by atoms with Gasteiger partial charge in [-0.3, -0.25) is 4.68 Å². The standard InChI is InChI=1S/C20H18ClF4N3O4/c1-3-10(29)9-28-18(20(23,24)25)11(8-26-28)17-15(19(30)31-4-2)16(27-32-17)14-12(21)6-5-7-13(14)22/h5-8,10,29H,3-4,9H2,1-2H3. The normalized spacial score (nSPS) is 12.8. The van der Waals surface area contributed by atoms with Gasteiger partial charge in [-0.15, -0.1) is 0 Å². The van der Waals surface area contributed by atoms with Crippen LogP contribution in [0.25, 0.3) is 22.6 Å². The van der Waals surface area contributed by atoms with E-state index in [-0.39, 0.29) is 23.6 Å². The van der Waals surface area contributed by atoms with Crippen molar-refractivity contribution < 1.29 is 36.7 Å². The van der Waals surface area contributed by atoms with Gasteiger partial charge < -0.3 is 14.4 Å². The van der Waals surface area contributed by atoms with Crippen LogP contribution in [-0.4, -0.2) is 38.7 Å². The molecule has 1 unspecified atom stereocenters. The van der Waals surface area contributed by atoms with Crippen LogP contribution in [0.15, 0.2) is 28.9 Å². The van der Waals surface area contributed by atoms with E-state index in [2.05, 4.69) is 10.3 Å². The molecule has 7 nitrogen and oxygen atoms in total. The van der Waals surface area contributed by atoms with E-state index in [1.54, 1.807) is 6.92 Å². The number of ether oxygens (including phenoxy) is 1. The van der Waals surface area contributed by atoms with E-state index in [9.17, 15) is 27.5 Å². The van der Waals surface area contributed by atoms with Crippen LogP contribution in [0.4, 0.5) is 17.6 Å². The van der Waals surface area contributed by atoms with Gasteiger partial charge in [-0.2, -0.15) is 18.3 Å². The van der Waals surface area contributed by atoms with Gasteiger partial charge in [0, 0.05) is 0 Å².